The van der Waals surface area contributed by atoms with Gasteiger partial charge in [-0.2, -0.15) is 4.98 Å². The van der Waals surface area contributed by atoms with E-state index in [0.717, 1.165) is 11.1 Å². The van der Waals surface area contributed by atoms with Crippen molar-refractivity contribution in [1.29, 1.82) is 0 Å². The third kappa shape index (κ3) is 3.96. The summed E-state index contributed by atoms with van der Waals surface area (Å²) in [5.74, 6) is -0.0712. The summed E-state index contributed by atoms with van der Waals surface area (Å²) in [7, 11) is 1.73. The number of nitrogens with one attached hydrogen (secondary N) is 1. The molecule has 8 nitrogen and oxygen atoms in total. The van der Waals surface area contributed by atoms with Crippen LogP contribution in [0.4, 0.5) is 11.5 Å². The summed E-state index contributed by atoms with van der Waals surface area (Å²) in [6.07, 6.45) is -0.0511. The number of thioether (sulfide) groups is 1. The second-order valence-electron chi connectivity index (χ2n) is 7.36. The molecule has 0 fully saturated rings. The Morgan fingerprint density at radius 2 is 1.90 bits per heavy atom. The Hall–Kier alpha value is -3.46. The van der Waals surface area contributed by atoms with Gasteiger partial charge in [-0.05, 0) is 18.1 Å². The van der Waals surface area contributed by atoms with Crippen molar-refractivity contribution in [1.82, 2.24) is 9.55 Å². The minimum atomic E-state index is -0.730. The molecular formula is C22H20N4O4S. The number of nitro benzene ring substituents is 1. The van der Waals surface area contributed by atoms with Crippen LogP contribution in [-0.4, -0.2) is 20.4 Å². The van der Waals surface area contributed by atoms with E-state index in [1.54, 1.807) is 29.8 Å². The molecule has 0 radical (unpaired) electrons. The summed E-state index contributed by atoms with van der Waals surface area (Å²) in [5, 5.41) is 14.8. The number of hydrogen-bond donors (Lipinski definition) is 1. The second-order valence-corrected chi connectivity index (χ2v) is 8.30. The summed E-state index contributed by atoms with van der Waals surface area (Å²) in [6.45, 7) is 2.02. The van der Waals surface area contributed by atoms with Gasteiger partial charge in [0.15, 0.2) is 5.16 Å². The molecule has 4 rings (SSSR count). The summed E-state index contributed by atoms with van der Waals surface area (Å²) in [6, 6.07) is 14.2. The number of rotatable bonds is 5. The molecule has 1 N–H and O–H groups in total. The molecule has 1 aliphatic heterocycles. The monoisotopic (exact) mass is 436 g/mol. The van der Waals surface area contributed by atoms with Gasteiger partial charge in [0, 0.05) is 36.8 Å². The van der Waals surface area contributed by atoms with Gasteiger partial charge >= 0.3 is 0 Å². The van der Waals surface area contributed by atoms with Crippen molar-refractivity contribution in [3.63, 3.8) is 0 Å². The van der Waals surface area contributed by atoms with Crippen LogP contribution < -0.4 is 10.9 Å². The molecular weight excluding hydrogens is 416 g/mol. The highest BCUT2D eigenvalue weighted by Crippen LogP contribution is 2.39. The number of nitrogens with zero attached hydrogens (tertiary/aromatic N) is 3. The fraction of sp³-hybridized carbons (Fsp3) is 0.227. The number of nitro groups is 1. The number of para-hydroxylation sites is 1. The Labute approximate surface area is 182 Å². The predicted octanol–water partition coefficient (Wildman–Crippen LogP) is 3.76. The maximum absolute atomic E-state index is 13.0. The van der Waals surface area contributed by atoms with Crippen LogP contribution in [0.2, 0.25) is 0 Å². The molecule has 2 aromatic carbocycles. The van der Waals surface area contributed by atoms with E-state index in [-0.39, 0.29) is 23.6 Å². The Morgan fingerprint density at radius 1 is 1.19 bits per heavy atom. The van der Waals surface area contributed by atoms with E-state index in [2.05, 4.69) is 10.3 Å². The van der Waals surface area contributed by atoms with Gasteiger partial charge in [-0.15, -0.1) is 0 Å². The van der Waals surface area contributed by atoms with E-state index < -0.39 is 16.4 Å². The molecule has 0 saturated carbocycles. The quantitative estimate of drug-likeness (QED) is 0.282. The van der Waals surface area contributed by atoms with Crippen molar-refractivity contribution in [3.05, 3.63) is 91.3 Å². The van der Waals surface area contributed by atoms with Crippen LogP contribution in [0.3, 0.4) is 0 Å². The zero-order chi connectivity index (χ0) is 22.1. The third-order valence-electron chi connectivity index (χ3n) is 5.43. The molecule has 9 heteroatoms. The first-order valence-electron chi connectivity index (χ1n) is 9.68. The third-order valence-corrected chi connectivity index (χ3v) is 6.51. The predicted molar refractivity (Wildman–Crippen MR) is 118 cm³/mol. The van der Waals surface area contributed by atoms with Gasteiger partial charge in [0.25, 0.3) is 11.2 Å². The highest BCUT2D eigenvalue weighted by Gasteiger charge is 2.35. The van der Waals surface area contributed by atoms with Crippen LogP contribution in [0.15, 0.2) is 58.5 Å². The molecule has 0 spiro atoms. The molecule has 1 aromatic heterocycles. The normalized spacial score (nSPS) is 15.3. The molecule has 0 aliphatic carbocycles. The van der Waals surface area contributed by atoms with E-state index in [0.29, 0.717) is 22.3 Å². The summed E-state index contributed by atoms with van der Waals surface area (Å²) in [4.78, 5) is 40.8. The Morgan fingerprint density at radius 3 is 2.65 bits per heavy atom. The van der Waals surface area contributed by atoms with Gasteiger partial charge in [-0.3, -0.25) is 19.7 Å². The number of carbonyl (C=O) groups excluding carboxylic acids is 1. The number of hydrogen-bond acceptors (Lipinski definition) is 6. The fourth-order valence-electron chi connectivity index (χ4n) is 3.79. The lowest BCUT2D eigenvalue weighted by Gasteiger charge is -2.27. The number of aryl methyl sites for hydroxylation is 1. The number of fused-ring (bicyclic) bond motifs is 1. The number of amides is 1. The highest BCUT2D eigenvalue weighted by atomic mass is 32.2. The second kappa shape index (κ2) is 8.35. The molecule has 1 unspecified atom stereocenters. The van der Waals surface area contributed by atoms with Gasteiger partial charge in [0.05, 0.1) is 10.5 Å². The van der Waals surface area contributed by atoms with Gasteiger partial charge in [0.2, 0.25) is 5.91 Å². The van der Waals surface area contributed by atoms with Crippen molar-refractivity contribution in [2.45, 2.75) is 30.2 Å². The lowest BCUT2D eigenvalue weighted by atomic mass is 9.86. The zero-order valence-corrected chi connectivity index (χ0v) is 17.8. The molecule has 0 bridgehead atoms. The van der Waals surface area contributed by atoms with Gasteiger partial charge < -0.3 is 9.88 Å². The number of benzene rings is 2. The number of anilines is 1. The van der Waals surface area contributed by atoms with E-state index >= 15 is 0 Å². The molecule has 1 aliphatic rings. The minimum absolute atomic E-state index is 0.0511. The van der Waals surface area contributed by atoms with E-state index in [1.807, 2.05) is 31.2 Å². The number of carbonyl (C=O) groups is 1. The average molecular weight is 436 g/mol. The molecule has 31 heavy (non-hydrogen) atoms. The topological polar surface area (TPSA) is 107 Å². The van der Waals surface area contributed by atoms with Crippen molar-refractivity contribution < 1.29 is 9.72 Å². The van der Waals surface area contributed by atoms with Crippen LogP contribution in [-0.2, 0) is 17.6 Å². The summed E-state index contributed by atoms with van der Waals surface area (Å²) >= 11 is 1.40. The van der Waals surface area contributed by atoms with E-state index in [4.69, 9.17) is 0 Å². The summed E-state index contributed by atoms with van der Waals surface area (Å²) in [5.41, 5.74) is 2.28. The van der Waals surface area contributed by atoms with Gasteiger partial charge in [-0.25, -0.2) is 0 Å². The van der Waals surface area contributed by atoms with Crippen LogP contribution >= 0.6 is 11.8 Å². The first-order valence-corrected chi connectivity index (χ1v) is 10.7. The lowest BCUT2D eigenvalue weighted by Crippen LogP contribution is -2.33. The average Bonchev–Trinajstić information content (AvgIpc) is 2.75. The molecule has 0 saturated heterocycles. The molecule has 2 heterocycles. The Bertz CT molecular complexity index is 1250. The van der Waals surface area contributed by atoms with E-state index in [9.17, 15) is 19.7 Å². The van der Waals surface area contributed by atoms with Crippen molar-refractivity contribution >= 4 is 29.2 Å². The van der Waals surface area contributed by atoms with Gasteiger partial charge in [0.1, 0.15) is 5.82 Å². The van der Waals surface area contributed by atoms with Gasteiger partial charge in [-0.1, -0.05) is 54.2 Å². The standard InChI is InChI=1S/C22H20N4O4S/c1-13-7-3-4-8-14(13)12-31-22-24-21(28)19-16(11-18(27)23-20(19)25(22)2)15-9-5-6-10-17(15)26(29)30/h3-10,16H,11-12H2,1-2H3,(H,23,27). The van der Waals surface area contributed by atoms with Crippen LogP contribution in [0.1, 0.15) is 34.6 Å². The highest BCUT2D eigenvalue weighted by molar-refractivity contribution is 7.98. The van der Waals surface area contributed by atoms with Crippen molar-refractivity contribution in [2.24, 2.45) is 7.05 Å². The molecule has 3 aromatic rings. The van der Waals surface area contributed by atoms with Crippen molar-refractivity contribution in [2.75, 3.05) is 5.32 Å². The van der Waals surface area contributed by atoms with E-state index in [1.165, 1.54) is 17.8 Å². The van der Waals surface area contributed by atoms with Crippen LogP contribution in [0.5, 0.6) is 0 Å². The van der Waals surface area contributed by atoms with Crippen molar-refractivity contribution in [3.8, 4) is 0 Å². The first kappa shape index (κ1) is 20.8. The largest absolute Gasteiger partial charge is 0.312 e. The Kier molecular flexibility index (Phi) is 5.60. The van der Waals surface area contributed by atoms with Crippen LogP contribution in [0, 0.1) is 17.0 Å². The SMILES string of the molecule is Cc1ccccc1CSc1nc(=O)c2c(n1C)NC(=O)CC2c1ccccc1[N+](=O)[O-]. The number of aromatic nitrogens is 2. The fourth-order valence-corrected chi connectivity index (χ4v) is 4.83. The lowest BCUT2D eigenvalue weighted by molar-refractivity contribution is -0.385. The molecule has 158 valence electrons. The molecule has 1 amide bonds. The smallest absolute Gasteiger partial charge is 0.279 e. The Balaban J connectivity index is 1.77. The zero-order valence-electron chi connectivity index (χ0n) is 17.0. The summed E-state index contributed by atoms with van der Waals surface area (Å²) < 4.78 is 1.68. The minimum Gasteiger partial charge on any atom is -0.312 e. The maximum Gasteiger partial charge on any atom is 0.279 e. The maximum atomic E-state index is 13.0. The van der Waals surface area contributed by atoms with Crippen LogP contribution in [0.25, 0.3) is 0 Å². The molecule has 1 atom stereocenters. The first-order chi connectivity index (χ1) is 14.9.